The molecule has 2 amide bonds. The Morgan fingerprint density at radius 3 is 2.40 bits per heavy atom. The fourth-order valence-electron chi connectivity index (χ4n) is 5.20. The molecule has 2 heterocycles. The van der Waals surface area contributed by atoms with Gasteiger partial charge in [-0.25, -0.2) is 4.98 Å². The van der Waals surface area contributed by atoms with Gasteiger partial charge in [0, 0.05) is 25.3 Å². The van der Waals surface area contributed by atoms with Crippen LogP contribution < -0.4 is 15.4 Å². The van der Waals surface area contributed by atoms with E-state index in [0.29, 0.717) is 13.1 Å². The van der Waals surface area contributed by atoms with Crippen LogP contribution in [0.1, 0.15) is 33.5 Å². The number of nitrogens with zero attached hydrogens (tertiary/aromatic N) is 2. The van der Waals surface area contributed by atoms with Crippen molar-refractivity contribution in [2.24, 2.45) is 0 Å². The van der Waals surface area contributed by atoms with Gasteiger partial charge in [-0.05, 0) is 60.8 Å². The van der Waals surface area contributed by atoms with E-state index < -0.39 is 23.7 Å². The van der Waals surface area contributed by atoms with E-state index in [0.717, 1.165) is 43.1 Å². The third-order valence-corrected chi connectivity index (χ3v) is 7.97. The number of rotatable bonds is 13. The molecule has 4 aromatic rings. The van der Waals surface area contributed by atoms with Crippen LogP contribution in [0, 0.1) is 0 Å². The highest BCUT2D eigenvalue weighted by atomic mass is 35.5. The minimum Gasteiger partial charge on any atom is -0.437 e. The zero-order chi connectivity index (χ0) is 33.2. The van der Waals surface area contributed by atoms with Gasteiger partial charge >= 0.3 is 6.18 Å². The van der Waals surface area contributed by atoms with Gasteiger partial charge in [0.2, 0.25) is 11.8 Å². The first kappa shape index (κ1) is 33.9. The molecule has 1 aliphatic rings. The van der Waals surface area contributed by atoms with Gasteiger partial charge in [-0.2, -0.15) is 13.2 Å². The summed E-state index contributed by atoms with van der Waals surface area (Å²) in [5.74, 6) is -1.27. The van der Waals surface area contributed by atoms with Gasteiger partial charge in [-0.3, -0.25) is 9.59 Å². The van der Waals surface area contributed by atoms with Gasteiger partial charge in [-0.15, -0.1) is 0 Å². The first-order chi connectivity index (χ1) is 22.7. The standard InChI is InChI=1S/C35H34ClF3N4O4/c36-29-20-26(35(37,38)39)13-14-31(29)47-33-28(12-7-17-41-33)32(44)42-30(23-46-22-25-10-5-2-6-11-25)34(45)43-19-16-27(21-43)40-18-15-24-8-3-1-4-9-24/h1-14,17,20,27,30,40H,15-16,18-19,21-23H2,(H,42,44). The van der Waals surface area contributed by atoms with Crippen LogP contribution in [-0.4, -0.2) is 60.0 Å². The number of hydrogen-bond acceptors (Lipinski definition) is 6. The van der Waals surface area contributed by atoms with Crippen LogP contribution in [0.5, 0.6) is 11.6 Å². The van der Waals surface area contributed by atoms with Crippen molar-refractivity contribution in [1.82, 2.24) is 20.5 Å². The summed E-state index contributed by atoms with van der Waals surface area (Å²) >= 11 is 6.07. The summed E-state index contributed by atoms with van der Waals surface area (Å²) < 4.78 is 50.9. The Hall–Kier alpha value is -4.45. The van der Waals surface area contributed by atoms with E-state index in [1.165, 1.54) is 23.9 Å². The number of aromatic nitrogens is 1. The number of ether oxygens (including phenoxy) is 2. The quantitative estimate of drug-likeness (QED) is 0.174. The average Bonchev–Trinajstić information content (AvgIpc) is 3.54. The molecule has 0 spiro atoms. The summed E-state index contributed by atoms with van der Waals surface area (Å²) in [6, 6.07) is 24.2. The van der Waals surface area contributed by atoms with Crippen LogP contribution in [0.3, 0.4) is 0 Å². The maximum atomic E-state index is 13.8. The molecular formula is C35H34ClF3N4O4. The molecule has 2 atom stereocenters. The van der Waals surface area contributed by atoms with Crippen LogP contribution in [-0.2, 0) is 28.7 Å². The fraction of sp³-hybridized carbons (Fsp3) is 0.286. The lowest BCUT2D eigenvalue weighted by Crippen LogP contribution is -2.51. The molecule has 47 heavy (non-hydrogen) atoms. The van der Waals surface area contributed by atoms with Crippen molar-refractivity contribution in [3.63, 3.8) is 0 Å². The SMILES string of the molecule is O=C(NC(COCc1ccccc1)C(=O)N1CCC(NCCc2ccccc2)C1)c1cccnc1Oc1ccc(C(F)(F)F)cc1Cl. The van der Waals surface area contributed by atoms with Crippen molar-refractivity contribution in [3.8, 4) is 11.6 Å². The molecule has 5 rings (SSSR count). The summed E-state index contributed by atoms with van der Waals surface area (Å²) in [6.07, 6.45) is -1.59. The van der Waals surface area contributed by atoms with Crippen molar-refractivity contribution in [1.29, 1.82) is 0 Å². The number of benzene rings is 3. The second kappa shape index (κ2) is 15.9. The molecule has 1 aromatic heterocycles. The normalized spacial score (nSPS) is 15.3. The number of amides is 2. The Bertz CT molecular complexity index is 1640. The molecule has 8 nitrogen and oxygen atoms in total. The van der Waals surface area contributed by atoms with Crippen molar-refractivity contribution >= 4 is 23.4 Å². The summed E-state index contributed by atoms with van der Waals surface area (Å²) in [7, 11) is 0. The van der Waals surface area contributed by atoms with Crippen LogP contribution in [0.4, 0.5) is 13.2 Å². The van der Waals surface area contributed by atoms with E-state index in [4.69, 9.17) is 21.1 Å². The van der Waals surface area contributed by atoms with Gasteiger partial charge in [-0.1, -0.05) is 72.3 Å². The number of halogens is 4. The average molecular weight is 667 g/mol. The number of likely N-dealkylation sites (tertiary alicyclic amines) is 1. The zero-order valence-electron chi connectivity index (χ0n) is 25.4. The largest absolute Gasteiger partial charge is 0.437 e. The summed E-state index contributed by atoms with van der Waals surface area (Å²) in [5.41, 5.74) is 1.15. The fourth-order valence-corrected chi connectivity index (χ4v) is 5.42. The molecular weight excluding hydrogens is 633 g/mol. The van der Waals surface area contributed by atoms with E-state index in [9.17, 15) is 22.8 Å². The molecule has 0 radical (unpaired) electrons. The first-order valence-corrected chi connectivity index (χ1v) is 15.5. The highest BCUT2D eigenvalue weighted by Crippen LogP contribution is 2.36. The van der Waals surface area contributed by atoms with Gasteiger partial charge in [0.05, 0.1) is 23.8 Å². The van der Waals surface area contributed by atoms with Crippen molar-refractivity contribution in [2.75, 3.05) is 26.2 Å². The minimum atomic E-state index is -4.59. The summed E-state index contributed by atoms with van der Waals surface area (Å²) in [4.78, 5) is 33.2. The number of hydrogen-bond donors (Lipinski definition) is 2. The second-order valence-corrected chi connectivity index (χ2v) is 11.5. The van der Waals surface area contributed by atoms with E-state index in [-0.39, 0.29) is 47.4 Å². The predicted octanol–water partition coefficient (Wildman–Crippen LogP) is 6.29. The Morgan fingerprint density at radius 1 is 0.979 bits per heavy atom. The lowest BCUT2D eigenvalue weighted by Gasteiger charge is -2.25. The third-order valence-electron chi connectivity index (χ3n) is 7.67. The number of alkyl halides is 3. The van der Waals surface area contributed by atoms with Crippen LogP contribution >= 0.6 is 11.6 Å². The third kappa shape index (κ3) is 9.54. The minimum absolute atomic E-state index is 0.0359. The molecule has 2 N–H and O–H groups in total. The molecule has 1 aliphatic heterocycles. The molecule has 2 unspecified atom stereocenters. The van der Waals surface area contributed by atoms with Gasteiger partial charge in [0.25, 0.3) is 5.91 Å². The molecule has 1 fully saturated rings. The Labute approximate surface area is 275 Å². The van der Waals surface area contributed by atoms with Crippen LogP contribution in [0.25, 0.3) is 0 Å². The van der Waals surface area contributed by atoms with Crippen molar-refractivity contribution < 1.29 is 32.2 Å². The molecule has 1 saturated heterocycles. The second-order valence-electron chi connectivity index (χ2n) is 11.1. The van der Waals surface area contributed by atoms with Crippen molar-refractivity contribution in [3.05, 3.63) is 124 Å². The molecule has 246 valence electrons. The van der Waals surface area contributed by atoms with Crippen molar-refractivity contribution in [2.45, 2.75) is 37.7 Å². The first-order valence-electron chi connectivity index (χ1n) is 15.2. The number of nitrogens with one attached hydrogen (secondary N) is 2. The predicted molar refractivity (Wildman–Crippen MR) is 171 cm³/mol. The highest BCUT2D eigenvalue weighted by Gasteiger charge is 2.33. The maximum Gasteiger partial charge on any atom is 0.416 e. The zero-order valence-corrected chi connectivity index (χ0v) is 26.1. The van der Waals surface area contributed by atoms with E-state index >= 15 is 0 Å². The number of carbonyl (C=O) groups excluding carboxylic acids is 2. The number of pyridine rings is 1. The van der Waals surface area contributed by atoms with Gasteiger partial charge < -0.3 is 25.0 Å². The number of carbonyl (C=O) groups is 2. The molecule has 3 aromatic carbocycles. The molecule has 0 aliphatic carbocycles. The lowest BCUT2D eigenvalue weighted by atomic mass is 10.1. The molecule has 0 bridgehead atoms. The van der Waals surface area contributed by atoms with Crippen LogP contribution in [0.15, 0.2) is 97.2 Å². The van der Waals surface area contributed by atoms with Gasteiger partial charge in [0.1, 0.15) is 17.4 Å². The summed E-state index contributed by atoms with van der Waals surface area (Å²) in [5, 5.41) is 5.98. The topological polar surface area (TPSA) is 92.8 Å². The molecule has 12 heteroatoms. The smallest absolute Gasteiger partial charge is 0.416 e. The van der Waals surface area contributed by atoms with E-state index in [1.807, 2.05) is 48.5 Å². The molecule has 0 saturated carbocycles. The van der Waals surface area contributed by atoms with Gasteiger partial charge in [0.15, 0.2) is 0 Å². The lowest BCUT2D eigenvalue weighted by molar-refractivity contribution is -0.137. The monoisotopic (exact) mass is 666 g/mol. The van der Waals surface area contributed by atoms with Crippen LogP contribution in [0.2, 0.25) is 5.02 Å². The summed E-state index contributed by atoms with van der Waals surface area (Å²) in [6.45, 7) is 1.90. The Kier molecular flexibility index (Phi) is 11.5. The highest BCUT2D eigenvalue weighted by molar-refractivity contribution is 6.32. The van der Waals surface area contributed by atoms with E-state index in [2.05, 4.69) is 27.8 Å². The van der Waals surface area contributed by atoms with E-state index in [1.54, 1.807) is 4.90 Å². The Morgan fingerprint density at radius 2 is 1.70 bits per heavy atom. The Balaban J connectivity index is 1.26. The maximum absolute atomic E-state index is 13.8.